The predicted octanol–water partition coefficient (Wildman–Crippen LogP) is 2.51. The highest BCUT2D eigenvalue weighted by molar-refractivity contribution is 4.98. The lowest BCUT2D eigenvalue weighted by molar-refractivity contribution is -0.0112. The minimum absolute atomic E-state index is 0.245. The largest absolute Gasteiger partial charge is 0.380 e. The average molecular weight is 256 g/mol. The summed E-state index contributed by atoms with van der Waals surface area (Å²) in [6.07, 6.45) is 1.47. The van der Waals surface area contributed by atoms with E-state index in [2.05, 4.69) is 51.8 Å². The minimum Gasteiger partial charge on any atom is -0.380 e. The number of hydrogen-bond donors (Lipinski definition) is 1. The SMILES string of the molecule is CCC1(C)CN(CC(C)OC)C(C(C)(C)C)CN1. The molecule has 0 spiro atoms. The van der Waals surface area contributed by atoms with Gasteiger partial charge < -0.3 is 10.1 Å². The third-order valence-electron chi connectivity index (χ3n) is 4.39. The van der Waals surface area contributed by atoms with Gasteiger partial charge in [0.1, 0.15) is 0 Å². The van der Waals surface area contributed by atoms with Gasteiger partial charge in [0.25, 0.3) is 0 Å². The number of methoxy groups -OCH3 is 1. The second-order valence-corrected chi connectivity index (χ2v) is 7.15. The molecule has 1 N–H and O–H groups in total. The summed E-state index contributed by atoms with van der Waals surface area (Å²) >= 11 is 0. The topological polar surface area (TPSA) is 24.5 Å². The summed E-state index contributed by atoms with van der Waals surface area (Å²) in [6, 6.07) is 0.578. The van der Waals surface area contributed by atoms with E-state index in [1.165, 1.54) is 6.42 Å². The van der Waals surface area contributed by atoms with Gasteiger partial charge in [-0.25, -0.2) is 0 Å². The van der Waals surface area contributed by atoms with Crippen LogP contribution in [0.15, 0.2) is 0 Å². The predicted molar refractivity (Wildman–Crippen MR) is 78.0 cm³/mol. The van der Waals surface area contributed by atoms with Crippen LogP contribution in [0.4, 0.5) is 0 Å². The summed E-state index contributed by atoms with van der Waals surface area (Å²) in [4.78, 5) is 2.62. The smallest absolute Gasteiger partial charge is 0.0670 e. The van der Waals surface area contributed by atoms with Crippen LogP contribution in [0.3, 0.4) is 0 Å². The van der Waals surface area contributed by atoms with Crippen molar-refractivity contribution in [2.75, 3.05) is 26.7 Å². The van der Waals surface area contributed by atoms with Gasteiger partial charge in [0, 0.05) is 38.3 Å². The fourth-order valence-electron chi connectivity index (χ4n) is 2.77. The van der Waals surface area contributed by atoms with Crippen molar-refractivity contribution in [3.63, 3.8) is 0 Å². The lowest BCUT2D eigenvalue weighted by Gasteiger charge is -2.51. The van der Waals surface area contributed by atoms with Gasteiger partial charge >= 0.3 is 0 Å². The third-order valence-corrected chi connectivity index (χ3v) is 4.39. The van der Waals surface area contributed by atoms with Crippen LogP contribution in [0.5, 0.6) is 0 Å². The Labute approximate surface area is 113 Å². The molecule has 0 bridgehead atoms. The van der Waals surface area contributed by atoms with E-state index in [-0.39, 0.29) is 5.54 Å². The van der Waals surface area contributed by atoms with Crippen molar-refractivity contribution >= 4 is 0 Å². The molecule has 3 unspecified atom stereocenters. The van der Waals surface area contributed by atoms with E-state index in [1.807, 2.05) is 0 Å². The van der Waals surface area contributed by atoms with E-state index in [0.29, 0.717) is 17.6 Å². The monoisotopic (exact) mass is 256 g/mol. The first-order valence-corrected chi connectivity index (χ1v) is 7.23. The van der Waals surface area contributed by atoms with Crippen LogP contribution < -0.4 is 5.32 Å². The van der Waals surface area contributed by atoms with Crippen LogP contribution in [-0.2, 0) is 4.74 Å². The zero-order valence-corrected chi connectivity index (χ0v) is 13.3. The Kier molecular flexibility index (Phi) is 5.22. The van der Waals surface area contributed by atoms with Crippen molar-refractivity contribution < 1.29 is 4.74 Å². The molecule has 0 aromatic carbocycles. The Balaban J connectivity index is 2.80. The van der Waals surface area contributed by atoms with Crippen molar-refractivity contribution in [2.45, 2.75) is 65.6 Å². The summed E-state index contributed by atoms with van der Waals surface area (Å²) < 4.78 is 5.45. The molecule has 3 atom stereocenters. The fourth-order valence-corrected chi connectivity index (χ4v) is 2.77. The van der Waals surface area contributed by atoms with Gasteiger partial charge in [0.15, 0.2) is 0 Å². The highest BCUT2D eigenvalue weighted by Gasteiger charge is 2.39. The van der Waals surface area contributed by atoms with E-state index in [1.54, 1.807) is 7.11 Å². The van der Waals surface area contributed by atoms with Crippen molar-refractivity contribution in [3.8, 4) is 0 Å². The minimum atomic E-state index is 0.245. The Hall–Kier alpha value is -0.120. The molecule has 108 valence electrons. The zero-order valence-electron chi connectivity index (χ0n) is 13.3. The van der Waals surface area contributed by atoms with Crippen molar-refractivity contribution in [1.29, 1.82) is 0 Å². The first-order chi connectivity index (χ1) is 8.22. The van der Waals surface area contributed by atoms with Gasteiger partial charge in [-0.1, -0.05) is 27.7 Å². The summed E-state index contributed by atoms with van der Waals surface area (Å²) in [7, 11) is 1.80. The maximum atomic E-state index is 5.45. The molecule has 0 aliphatic carbocycles. The molecule has 0 saturated carbocycles. The highest BCUT2D eigenvalue weighted by atomic mass is 16.5. The number of nitrogens with one attached hydrogen (secondary N) is 1. The molecule has 1 saturated heterocycles. The number of piperazine rings is 1. The molecule has 0 aromatic heterocycles. The molecule has 1 heterocycles. The molecule has 18 heavy (non-hydrogen) atoms. The Morgan fingerprint density at radius 1 is 1.44 bits per heavy atom. The van der Waals surface area contributed by atoms with Crippen molar-refractivity contribution in [2.24, 2.45) is 5.41 Å². The van der Waals surface area contributed by atoms with Gasteiger partial charge in [-0.15, -0.1) is 0 Å². The normalized spacial score (nSPS) is 32.5. The second-order valence-electron chi connectivity index (χ2n) is 7.15. The standard InChI is InChI=1S/C15H32N2O/c1-8-15(6)11-17(10-12(2)18-7)13(9-16-15)14(3,4)5/h12-13,16H,8-11H2,1-7H3. The van der Waals surface area contributed by atoms with E-state index in [0.717, 1.165) is 19.6 Å². The molecule has 3 nitrogen and oxygen atoms in total. The van der Waals surface area contributed by atoms with Gasteiger partial charge in [-0.05, 0) is 25.7 Å². The molecule has 3 heteroatoms. The van der Waals surface area contributed by atoms with E-state index < -0.39 is 0 Å². The fraction of sp³-hybridized carbons (Fsp3) is 1.00. The average Bonchev–Trinajstić information content (AvgIpc) is 2.27. The number of nitrogens with zero attached hydrogens (tertiary/aromatic N) is 1. The van der Waals surface area contributed by atoms with E-state index in [9.17, 15) is 0 Å². The molecule has 1 aliphatic heterocycles. The number of rotatable bonds is 4. The maximum absolute atomic E-state index is 5.45. The highest BCUT2D eigenvalue weighted by Crippen LogP contribution is 2.30. The first kappa shape index (κ1) is 15.9. The maximum Gasteiger partial charge on any atom is 0.0670 e. The number of ether oxygens (including phenoxy) is 1. The van der Waals surface area contributed by atoms with Gasteiger partial charge in [0.05, 0.1) is 6.10 Å². The molecule has 0 aromatic rings. The quantitative estimate of drug-likeness (QED) is 0.836. The van der Waals surface area contributed by atoms with Crippen molar-refractivity contribution in [1.82, 2.24) is 10.2 Å². The molecule has 1 aliphatic rings. The Morgan fingerprint density at radius 3 is 2.50 bits per heavy atom. The number of hydrogen-bond acceptors (Lipinski definition) is 3. The molecular weight excluding hydrogens is 224 g/mol. The van der Waals surface area contributed by atoms with Gasteiger partial charge in [0.2, 0.25) is 0 Å². The van der Waals surface area contributed by atoms with Crippen LogP contribution in [0.25, 0.3) is 0 Å². The molecule has 1 rings (SSSR count). The lowest BCUT2D eigenvalue weighted by Crippen LogP contribution is -2.66. The second kappa shape index (κ2) is 5.89. The Bertz CT molecular complexity index is 262. The van der Waals surface area contributed by atoms with E-state index >= 15 is 0 Å². The molecule has 0 radical (unpaired) electrons. The van der Waals surface area contributed by atoms with Crippen LogP contribution in [0, 0.1) is 5.41 Å². The molecule has 0 amide bonds. The third kappa shape index (κ3) is 3.94. The van der Waals surface area contributed by atoms with E-state index in [4.69, 9.17) is 4.74 Å². The molecule has 1 fully saturated rings. The van der Waals surface area contributed by atoms with Crippen LogP contribution >= 0.6 is 0 Å². The molecular formula is C15H32N2O. The van der Waals surface area contributed by atoms with Crippen LogP contribution in [-0.4, -0.2) is 49.3 Å². The Morgan fingerprint density at radius 2 is 2.06 bits per heavy atom. The summed E-state index contributed by atoms with van der Waals surface area (Å²) in [5.74, 6) is 0. The van der Waals surface area contributed by atoms with Crippen LogP contribution in [0.2, 0.25) is 0 Å². The lowest BCUT2D eigenvalue weighted by atomic mass is 9.81. The summed E-state index contributed by atoms with van der Waals surface area (Å²) in [5, 5.41) is 3.74. The van der Waals surface area contributed by atoms with Gasteiger partial charge in [-0.2, -0.15) is 0 Å². The summed E-state index contributed by atoms with van der Waals surface area (Å²) in [6.45, 7) is 17.0. The summed E-state index contributed by atoms with van der Waals surface area (Å²) in [5.41, 5.74) is 0.546. The van der Waals surface area contributed by atoms with Crippen LogP contribution in [0.1, 0.15) is 48.0 Å². The van der Waals surface area contributed by atoms with Crippen molar-refractivity contribution in [3.05, 3.63) is 0 Å². The van der Waals surface area contributed by atoms with Gasteiger partial charge in [-0.3, -0.25) is 4.90 Å². The zero-order chi connectivity index (χ0) is 14.0. The first-order valence-electron chi connectivity index (χ1n) is 7.23.